The predicted molar refractivity (Wildman–Crippen MR) is 118 cm³/mol. The van der Waals surface area contributed by atoms with Crippen LogP contribution in [0.4, 0.5) is 5.00 Å². The number of thiophene rings is 1. The second-order valence-electron chi connectivity index (χ2n) is 8.85. The molecule has 2 aromatic heterocycles. The van der Waals surface area contributed by atoms with Crippen LogP contribution in [-0.2, 0) is 27.4 Å². The number of thiazole rings is 1. The van der Waals surface area contributed by atoms with E-state index in [-0.39, 0.29) is 17.7 Å². The van der Waals surface area contributed by atoms with Crippen molar-refractivity contribution in [3.8, 4) is 10.6 Å². The normalized spacial score (nSPS) is 25.3. The molecule has 1 amide bonds. The molecule has 0 unspecified atom stereocenters. The number of hydrogen-bond donors (Lipinski definition) is 1. The number of allylic oxidation sites excluding steroid dienone is 1. The monoisotopic (exact) mass is 440 g/mol. The Morgan fingerprint density at radius 1 is 1.13 bits per heavy atom. The highest BCUT2D eigenvalue weighted by Crippen LogP contribution is 2.48. The van der Waals surface area contributed by atoms with Crippen LogP contribution in [0.15, 0.2) is 16.5 Å². The fourth-order valence-corrected chi connectivity index (χ4v) is 7.53. The minimum Gasteiger partial charge on any atom is -0.376 e. The first-order valence-electron chi connectivity index (χ1n) is 10.9. The number of fused-ring (bicyclic) bond motifs is 3. The van der Waals surface area contributed by atoms with Gasteiger partial charge in [-0.05, 0) is 62.3 Å². The molecule has 2 aromatic rings. The van der Waals surface area contributed by atoms with Gasteiger partial charge >= 0.3 is 0 Å². The molecule has 0 spiro atoms. The zero-order valence-electron chi connectivity index (χ0n) is 16.7. The number of carbonyl (C=O) groups excluding carboxylic acids is 2. The highest BCUT2D eigenvalue weighted by atomic mass is 32.1. The summed E-state index contributed by atoms with van der Waals surface area (Å²) in [5, 5.41) is 7.26. The van der Waals surface area contributed by atoms with Gasteiger partial charge in [0, 0.05) is 32.9 Å². The van der Waals surface area contributed by atoms with Gasteiger partial charge in [-0.2, -0.15) is 0 Å². The van der Waals surface area contributed by atoms with E-state index < -0.39 is 0 Å². The zero-order valence-corrected chi connectivity index (χ0v) is 18.4. The number of aromatic nitrogens is 1. The van der Waals surface area contributed by atoms with Crippen molar-refractivity contribution in [3.05, 3.63) is 32.7 Å². The van der Waals surface area contributed by atoms with Gasteiger partial charge in [-0.1, -0.05) is 0 Å². The molecule has 0 saturated heterocycles. The maximum absolute atomic E-state index is 13.4. The third-order valence-electron chi connectivity index (χ3n) is 7.04. The molecule has 1 aliphatic heterocycles. The first-order chi connectivity index (χ1) is 14.7. The Morgan fingerprint density at radius 3 is 2.67 bits per heavy atom. The number of aldehydes is 1. The molecule has 7 heteroatoms. The molecule has 0 aromatic carbocycles. The van der Waals surface area contributed by atoms with Gasteiger partial charge in [0.05, 0.1) is 18.9 Å². The fourth-order valence-electron chi connectivity index (χ4n) is 5.31. The first-order valence-corrected chi connectivity index (χ1v) is 12.6. The van der Waals surface area contributed by atoms with Gasteiger partial charge in [-0.15, -0.1) is 22.7 Å². The van der Waals surface area contributed by atoms with Crippen molar-refractivity contribution >= 4 is 39.9 Å². The van der Waals surface area contributed by atoms with E-state index in [4.69, 9.17) is 9.72 Å². The Kier molecular flexibility index (Phi) is 4.66. The lowest BCUT2D eigenvalue weighted by molar-refractivity contribution is -0.114. The van der Waals surface area contributed by atoms with Gasteiger partial charge in [-0.3, -0.25) is 9.59 Å². The van der Waals surface area contributed by atoms with Crippen molar-refractivity contribution in [2.75, 3.05) is 11.9 Å². The molecule has 4 aliphatic carbocycles. The van der Waals surface area contributed by atoms with Crippen molar-refractivity contribution in [1.82, 2.24) is 4.98 Å². The van der Waals surface area contributed by atoms with E-state index in [2.05, 4.69) is 10.7 Å². The van der Waals surface area contributed by atoms with Crippen LogP contribution >= 0.6 is 22.7 Å². The van der Waals surface area contributed by atoms with E-state index in [1.807, 2.05) is 0 Å². The number of nitrogens with zero attached hydrogens (tertiary/aromatic N) is 1. The molecule has 2 fully saturated rings. The van der Waals surface area contributed by atoms with Crippen molar-refractivity contribution in [2.24, 2.45) is 11.8 Å². The van der Waals surface area contributed by atoms with Crippen LogP contribution in [-0.4, -0.2) is 23.8 Å². The number of amides is 1. The molecular formula is C23H24N2O3S2. The second kappa shape index (κ2) is 7.39. The number of anilines is 1. The summed E-state index contributed by atoms with van der Waals surface area (Å²) in [6.45, 7) is 1.30. The van der Waals surface area contributed by atoms with E-state index >= 15 is 0 Å². The van der Waals surface area contributed by atoms with E-state index in [1.165, 1.54) is 29.0 Å². The van der Waals surface area contributed by atoms with Crippen molar-refractivity contribution in [1.29, 1.82) is 0 Å². The van der Waals surface area contributed by atoms with Gasteiger partial charge in [0.2, 0.25) is 0 Å². The lowest BCUT2D eigenvalue weighted by atomic mass is 9.67. The van der Waals surface area contributed by atoms with Gasteiger partial charge in [0.1, 0.15) is 16.3 Å². The number of ether oxygens (including phenoxy) is 1. The SMILES string of the molecule is O=CC1=C(C(=O)Nc2sc3c(c2-c2nc(C4CC4)cs2)CCOC3)C2CCC1CC2. The summed E-state index contributed by atoms with van der Waals surface area (Å²) in [7, 11) is 0. The van der Waals surface area contributed by atoms with Crippen molar-refractivity contribution in [3.63, 3.8) is 0 Å². The molecule has 30 heavy (non-hydrogen) atoms. The maximum atomic E-state index is 13.4. The molecule has 0 radical (unpaired) electrons. The van der Waals surface area contributed by atoms with Crippen LogP contribution in [0.3, 0.4) is 0 Å². The van der Waals surface area contributed by atoms with Gasteiger partial charge in [0.25, 0.3) is 5.91 Å². The maximum Gasteiger partial charge on any atom is 0.252 e. The van der Waals surface area contributed by atoms with Crippen LogP contribution in [0.5, 0.6) is 0 Å². The lowest BCUT2D eigenvalue weighted by Crippen LogP contribution is -2.33. The van der Waals surface area contributed by atoms with Crippen LogP contribution in [0.25, 0.3) is 10.6 Å². The highest BCUT2D eigenvalue weighted by Gasteiger charge is 2.38. The van der Waals surface area contributed by atoms with E-state index in [1.54, 1.807) is 22.7 Å². The fraction of sp³-hybridized carbons (Fsp3) is 0.522. The average molecular weight is 441 g/mol. The number of hydrogen-bond acceptors (Lipinski definition) is 6. The quantitative estimate of drug-likeness (QED) is 0.659. The largest absolute Gasteiger partial charge is 0.376 e. The van der Waals surface area contributed by atoms with Crippen molar-refractivity contribution < 1.29 is 14.3 Å². The van der Waals surface area contributed by atoms with Gasteiger partial charge < -0.3 is 10.1 Å². The summed E-state index contributed by atoms with van der Waals surface area (Å²) in [6, 6.07) is 0. The Bertz CT molecular complexity index is 1050. The van der Waals surface area contributed by atoms with Crippen LogP contribution in [0.1, 0.15) is 60.6 Å². The molecule has 5 aliphatic rings. The Morgan fingerprint density at radius 2 is 1.90 bits per heavy atom. The average Bonchev–Trinajstić information content (AvgIpc) is 3.41. The van der Waals surface area contributed by atoms with Crippen LogP contribution in [0, 0.1) is 11.8 Å². The Hall–Kier alpha value is -1.83. The lowest BCUT2D eigenvalue weighted by Gasteiger charge is -2.37. The second-order valence-corrected chi connectivity index (χ2v) is 10.8. The van der Waals surface area contributed by atoms with Gasteiger partial charge in [0.15, 0.2) is 0 Å². The molecule has 1 N–H and O–H groups in total. The third kappa shape index (κ3) is 3.10. The number of carbonyl (C=O) groups is 2. The summed E-state index contributed by atoms with van der Waals surface area (Å²) in [6.07, 6.45) is 8.35. The summed E-state index contributed by atoms with van der Waals surface area (Å²) < 4.78 is 5.67. The zero-order chi connectivity index (χ0) is 20.2. The highest BCUT2D eigenvalue weighted by molar-refractivity contribution is 7.18. The molecule has 2 bridgehead atoms. The smallest absolute Gasteiger partial charge is 0.252 e. The third-order valence-corrected chi connectivity index (χ3v) is 9.04. The first kappa shape index (κ1) is 18.9. The molecular weight excluding hydrogens is 416 g/mol. The predicted octanol–water partition coefficient (Wildman–Crippen LogP) is 5.08. The topological polar surface area (TPSA) is 68.3 Å². The summed E-state index contributed by atoms with van der Waals surface area (Å²) in [5.41, 5.74) is 5.02. The van der Waals surface area contributed by atoms with E-state index in [9.17, 15) is 9.59 Å². The van der Waals surface area contributed by atoms with Gasteiger partial charge in [-0.25, -0.2) is 4.98 Å². The van der Waals surface area contributed by atoms with E-state index in [0.29, 0.717) is 19.1 Å². The standard InChI is InChI=1S/C23H24N2O3S2/c26-9-16-12-1-5-14(6-2-12)19(16)21(27)25-23-20(15-7-8-28-10-18(15)30-23)22-24-17(11-29-22)13-3-4-13/h9,11-14H,1-8,10H2,(H,25,27). The summed E-state index contributed by atoms with van der Waals surface area (Å²) in [4.78, 5) is 31.3. The molecule has 156 valence electrons. The van der Waals surface area contributed by atoms with Crippen LogP contribution < -0.4 is 5.32 Å². The molecule has 5 nitrogen and oxygen atoms in total. The molecule has 2 saturated carbocycles. The Balaban J connectivity index is 1.38. The van der Waals surface area contributed by atoms with E-state index in [0.717, 1.165) is 65.1 Å². The molecule has 0 atom stereocenters. The minimum atomic E-state index is -0.0914. The molecule has 7 rings (SSSR count). The number of rotatable bonds is 5. The molecule has 3 heterocycles. The van der Waals surface area contributed by atoms with Crippen LogP contribution in [0.2, 0.25) is 0 Å². The summed E-state index contributed by atoms with van der Waals surface area (Å²) in [5.74, 6) is 1.01. The number of nitrogens with one attached hydrogen (secondary N) is 1. The Labute approximate surface area is 183 Å². The minimum absolute atomic E-state index is 0.0914. The van der Waals surface area contributed by atoms with Crippen molar-refractivity contribution in [2.45, 2.75) is 57.5 Å². The summed E-state index contributed by atoms with van der Waals surface area (Å²) >= 11 is 3.29.